The van der Waals surface area contributed by atoms with Crippen molar-refractivity contribution in [1.82, 2.24) is 4.98 Å². The molecule has 1 aliphatic carbocycles. The summed E-state index contributed by atoms with van der Waals surface area (Å²) in [5.41, 5.74) is 5.11. The molecule has 0 unspecified atom stereocenters. The van der Waals surface area contributed by atoms with Crippen LogP contribution in [0.2, 0.25) is 5.02 Å². The fourth-order valence-corrected chi connectivity index (χ4v) is 3.99. The number of hydrogen-bond acceptors (Lipinski definition) is 3. The number of fused-ring (bicyclic) bond motifs is 2. The highest BCUT2D eigenvalue weighted by Gasteiger charge is 2.14. The highest BCUT2D eigenvalue weighted by atomic mass is 35.5. The van der Waals surface area contributed by atoms with Crippen molar-refractivity contribution in [2.24, 2.45) is 0 Å². The van der Waals surface area contributed by atoms with Gasteiger partial charge in [-0.3, -0.25) is 0 Å². The molecule has 1 aromatic heterocycles. The standard InChI is InChI=1S/C17H15ClN2S/c18-12-8-9-16-15(10-12)20-17(21-16)19-14-7-3-5-11-4-1-2-6-13(11)14/h3,5,7-10H,1-2,4,6H2,(H,19,20). The van der Waals surface area contributed by atoms with Crippen LogP contribution in [0.5, 0.6) is 0 Å². The molecule has 1 heterocycles. The number of aryl methyl sites for hydroxylation is 1. The van der Waals surface area contributed by atoms with Gasteiger partial charge in [-0.05, 0) is 61.1 Å². The Morgan fingerprint density at radius 3 is 2.95 bits per heavy atom. The number of nitrogens with zero attached hydrogens (tertiary/aromatic N) is 1. The van der Waals surface area contributed by atoms with Crippen molar-refractivity contribution in [3.8, 4) is 0 Å². The fraction of sp³-hybridized carbons (Fsp3) is 0.235. The van der Waals surface area contributed by atoms with Gasteiger partial charge in [0.15, 0.2) is 5.13 Å². The summed E-state index contributed by atoms with van der Waals surface area (Å²) in [7, 11) is 0. The molecule has 4 rings (SSSR count). The van der Waals surface area contributed by atoms with Crippen LogP contribution >= 0.6 is 22.9 Å². The first-order valence-electron chi connectivity index (χ1n) is 7.23. The van der Waals surface area contributed by atoms with E-state index >= 15 is 0 Å². The Balaban J connectivity index is 1.71. The zero-order valence-electron chi connectivity index (χ0n) is 11.5. The van der Waals surface area contributed by atoms with E-state index in [1.807, 2.05) is 18.2 Å². The molecule has 2 aromatic carbocycles. The van der Waals surface area contributed by atoms with E-state index in [-0.39, 0.29) is 0 Å². The Labute approximate surface area is 132 Å². The number of nitrogens with one attached hydrogen (secondary N) is 1. The average Bonchev–Trinajstić information content (AvgIpc) is 2.89. The van der Waals surface area contributed by atoms with Crippen molar-refractivity contribution in [1.29, 1.82) is 0 Å². The molecular weight excluding hydrogens is 300 g/mol. The first kappa shape index (κ1) is 13.1. The molecule has 0 saturated carbocycles. The number of anilines is 2. The molecular formula is C17H15ClN2S. The molecule has 21 heavy (non-hydrogen) atoms. The quantitative estimate of drug-likeness (QED) is 0.668. The zero-order valence-corrected chi connectivity index (χ0v) is 13.1. The van der Waals surface area contributed by atoms with Gasteiger partial charge in [-0.2, -0.15) is 0 Å². The monoisotopic (exact) mass is 314 g/mol. The Bertz CT molecular complexity index is 810. The van der Waals surface area contributed by atoms with Crippen molar-refractivity contribution in [3.63, 3.8) is 0 Å². The Morgan fingerprint density at radius 1 is 1.10 bits per heavy atom. The summed E-state index contributed by atoms with van der Waals surface area (Å²) in [6.07, 6.45) is 4.94. The molecule has 0 amide bonds. The van der Waals surface area contributed by atoms with Gasteiger partial charge in [0.2, 0.25) is 0 Å². The summed E-state index contributed by atoms with van der Waals surface area (Å²) < 4.78 is 1.16. The molecule has 0 bridgehead atoms. The van der Waals surface area contributed by atoms with E-state index in [9.17, 15) is 0 Å². The van der Waals surface area contributed by atoms with E-state index in [4.69, 9.17) is 11.6 Å². The number of benzene rings is 2. The van der Waals surface area contributed by atoms with E-state index < -0.39 is 0 Å². The van der Waals surface area contributed by atoms with Crippen LogP contribution in [0.15, 0.2) is 36.4 Å². The smallest absolute Gasteiger partial charge is 0.188 e. The summed E-state index contributed by atoms with van der Waals surface area (Å²) in [4.78, 5) is 4.64. The number of aromatic nitrogens is 1. The van der Waals surface area contributed by atoms with E-state index in [2.05, 4.69) is 28.5 Å². The Hall–Kier alpha value is -1.58. The normalized spacial score (nSPS) is 14.1. The summed E-state index contributed by atoms with van der Waals surface area (Å²) in [6, 6.07) is 12.4. The first-order chi connectivity index (χ1) is 10.3. The summed E-state index contributed by atoms with van der Waals surface area (Å²) >= 11 is 7.70. The Kier molecular flexibility index (Phi) is 3.32. The molecule has 1 N–H and O–H groups in total. The van der Waals surface area contributed by atoms with Gasteiger partial charge < -0.3 is 5.32 Å². The Morgan fingerprint density at radius 2 is 2.00 bits per heavy atom. The van der Waals surface area contributed by atoms with Gasteiger partial charge >= 0.3 is 0 Å². The lowest BCUT2D eigenvalue weighted by molar-refractivity contribution is 0.687. The van der Waals surface area contributed by atoms with E-state index in [1.54, 1.807) is 11.3 Å². The number of thiazole rings is 1. The van der Waals surface area contributed by atoms with Gasteiger partial charge in [0.05, 0.1) is 10.2 Å². The lowest BCUT2D eigenvalue weighted by Crippen LogP contribution is -2.05. The van der Waals surface area contributed by atoms with Crippen LogP contribution in [0.3, 0.4) is 0 Å². The van der Waals surface area contributed by atoms with Crippen LogP contribution in [-0.2, 0) is 12.8 Å². The van der Waals surface area contributed by atoms with Gasteiger partial charge in [-0.1, -0.05) is 35.1 Å². The third kappa shape index (κ3) is 2.52. The predicted molar refractivity (Wildman–Crippen MR) is 91.0 cm³/mol. The van der Waals surface area contributed by atoms with Crippen molar-refractivity contribution >= 4 is 44.0 Å². The maximum Gasteiger partial charge on any atom is 0.188 e. The van der Waals surface area contributed by atoms with Crippen LogP contribution in [-0.4, -0.2) is 4.98 Å². The number of halogens is 1. The highest BCUT2D eigenvalue weighted by molar-refractivity contribution is 7.22. The number of rotatable bonds is 2. The predicted octanol–water partition coefficient (Wildman–Crippen LogP) is 5.57. The summed E-state index contributed by atoms with van der Waals surface area (Å²) in [5, 5.41) is 5.17. The first-order valence-corrected chi connectivity index (χ1v) is 8.43. The van der Waals surface area contributed by atoms with E-state index in [0.29, 0.717) is 0 Å². The minimum atomic E-state index is 0.733. The lowest BCUT2D eigenvalue weighted by Gasteiger charge is -2.19. The summed E-state index contributed by atoms with van der Waals surface area (Å²) in [6.45, 7) is 0. The van der Waals surface area contributed by atoms with Crippen LogP contribution in [0, 0.1) is 0 Å². The van der Waals surface area contributed by atoms with Crippen LogP contribution in [0.25, 0.3) is 10.2 Å². The molecule has 1 aliphatic rings. The van der Waals surface area contributed by atoms with Gasteiger partial charge in [0.1, 0.15) is 0 Å². The molecule has 0 saturated heterocycles. The highest BCUT2D eigenvalue weighted by Crippen LogP contribution is 2.33. The van der Waals surface area contributed by atoms with Gasteiger partial charge in [-0.15, -0.1) is 0 Å². The van der Waals surface area contributed by atoms with Crippen LogP contribution in [0.1, 0.15) is 24.0 Å². The minimum Gasteiger partial charge on any atom is -0.331 e. The van der Waals surface area contributed by atoms with Crippen LogP contribution < -0.4 is 5.32 Å². The summed E-state index contributed by atoms with van der Waals surface area (Å²) in [5.74, 6) is 0. The zero-order chi connectivity index (χ0) is 14.2. The molecule has 0 radical (unpaired) electrons. The van der Waals surface area contributed by atoms with Gasteiger partial charge in [0, 0.05) is 10.7 Å². The minimum absolute atomic E-state index is 0.733. The molecule has 0 aliphatic heterocycles. The van der Waals surface area contributed by atoms with Crippen molar-refractivity contribution in [2.45, 2.75) is 25.7 Å². The second kappa shape index (κ2) is 5.32. The SMILES string of the molecule is Clc1ccc2sc(Nc3cccc4c3CCCC4)nc2c1. The maximum atomic E-state index is 6.03. The molecule has 4 heteroatoms. The molecule has 106 valence electrons. The van der Waals surface area contributed by atoms with Gasteiger partial charge in [-0.25, -0.2) is 4.98 Å². The topological polar surface area (TPSA) is 24.9 Å². The number of hydrogen-bond donors (Lipinski definition) is 1. The van der Waals surface area contributed by atoms with Crippen molar-refractivity contribution in [2.75, 3.05) is 5.32 Å². The fourth-order valence-electron chi connectivity index (χ4n) is 2.97. The third-order valence-corrected chi connectivity index (χ3v) is 5.17. The van der Waals surface area contributed by atoms with E-state index in [1.165, 1.54) is 36.1 Å². The third-order valence-electron chi connectivity index (χ3n) is 3.99. The van der Waals surface area contributed by atoms with E-state index in [0.717, 1.165) is 26.8 Å². The second-order valence-corrected chi connectivity index (χ2v) is 6.87. The average molecular weight is 315 g/mol. The molecule has 3 aromatic rings. The second-order valence-electron chi connectivity index (χ2n) is 5.41. The largest absolute Gasteiger partial charge is 0.331 e. The van der Waals surface area contributed by atoms with Crippen molar-refractivity contribution < 1.29 is 0 Å². The van der Waals surface area contributed by atoms with Gasteiger partial charge in [0.25, 0.3) is 0 Å². The van der Waals surface area contributed by atoms with Crippen molar-refractivity contribution in [3.05, 3.63) is 52.5 Å². The molecule has 2 nitrogen and oxygen atoms in total. The lowest BCUT2D eigenvalue weighted by atomic mass is 9.90. The molecule has 0 spiro atoms. The molecule has 0 atom stereocenters. The molecule has 0 fully saturated rings. The van der Waals surface area contributed by atoms with Crippen LogP contribution in [0.4, 0.5) is 10.8 Å². The maximum absolute atomic E-state index is 6.03.